The summed E-state index contributed by atoms with van der Waals surface area (Å²) in [5, 5.41) is 26.8. The molecule has 2 bridgehead atoms. The number of aromatic nitrogens is 4. The number of aliphatic carboxylic acids is 1. The Morgan fingerprint density at radius 2 is 1.80 bits per heavy atom. The summed E-state index contributed by atoms with van der Waals surface area (Å²) in [5.41, 5.74) is 6.00. The number of rotatable bonds is 8. The van der Waals surface area contributed by atoms with Crippen LogP contribution in [0.1, 0.15) is 129 Å². The molecular formula is C41H72N6O4. The number of hydrogen-bond acceptors (Lipinski definition) is 8. The predicted molar refractivity (Wildman–Crippen MR) is 203 cm³/mol. The van der Waals surface area contributed by atoms with Gasteiger partial charge in [-0.2, -0.15) is 5.21 Å². The van der Waals surface area contributed by atoms with Crippen molar-refractivity contribution in [1.82, 2.24) is 25.9 Å². The lowest BCUT2D eigenvalue weighted by Gasteiger charge is -2.71. The van der Waals surface area contributed by atoms with E-state index in [0.717, 1.165) is 51.9 Å². The number of H-pyrrole nitrogens is 1. The summed E-state index contributed by atoms with van der Waals surface area (Å²) in [6.07, 6.45) is 9.13. The van der Waals surface area contributed by atoms with Gasteiger partial charge in [0.25, 0.3) is 5.95 Å². The average Bonchev–Trinajstić information content (AvgIpc) is 3.51. The summed E-state index contributed by atoms with van der Waals surface area (Å²) in [5.74, 6) is 1.44. The second-order valence-corrected chi connectivity index (χ2v) is 20.1. The lowest BCUT2D eigenvalue weighted by Crippen LogP contribution is -2.69. The number of tetrazole rings is 1. The van der Waals surface area contributed by atoms with Gasteiger partial charge < -0.3 is 25.6 Å². The highest BCUT2D eigenvalue weighted by Crippen LogP contribution is 2.75. The number of nitrogen functional groups attached to an aromatic ring is 1. The Morgan fingerprint density at radius 3 is 2.33 bits per heavy atom. The minimum atomic E-state index is -0.582. The third-order valence-corrected chi connectivity index (χ3v) is 16.5. The van der Waals surface area contributed by atoms with E-state index >= 15 is 0 Å². The van der Waals surface area contributed by atoms with Crippen LogP contribution in [0.3, 0.4) is 0 Å². The number of allylic oxidation sites excluding steroid dienone is 1. The lowest BCUT2D eigenvalue weighted by molar-refractivity contribution is -0.254. The van der Waals surface area contributed by atoms with Crippen molar-refractivity contribution in [2.75, 3.05) is 32.1 Å². The maximum Gasteiger partial charge on any atom is 0.307 e. The quantitative estimate of drug-likeness (QED) is 0.198. The normalized spacial score (nSPS) is 42.2. The van der Waals surface area contributed by atoms with E-state index in [-0.39, 0.29) is 56.0 Å². The van der Waals surface area contributed by atoms with Gasteiger partial charge in [0.2, 0.25) is 0 Å². The molecule has 0 amide bonds. The number of nitrogens with zero attached hydrogens (tertiary/aromatic N) is 3. The first kappa shape index (κ1) is 40.2. The number of anilines is 1. The molecular weight excluding hydrogens is 640 g/mol. The van der Waals surface area contributed by atoms with Crippen LogP contribution in [-0.2, 0) is 14.3 Å². The van der Waals surface area contributed by atoms with E-state index in [1.165, 1.54) is 6.42 Å². The van der Waals surface area contributed by atoms with Crippen molar-refractivity contribution in [3.8, 4) is 0 Å². The number of carbonyl (C=O) groups is 1. The summed E-state index contributed by atoms with van der Waals surface area (Å²) in [7, 11) is 0. The van der Waals surface area contributed by atoms with Gasteiger partial charge in [0.1, 0.15) is 0 Å². The summed E-state index contributed by atoms with van der Waals surface area (Å²) >= 11 is 0. The Hall–Kier alpha value is -2.04. The van der Waals surface area contributed by atoms with Crippen molar-refractivity contribution in [2.24, 2.45) is 68.0 Å². The molecule has 1 aromatic rings. The molecule has 1 aromatic heterocycles. The highest BCUT2D eigenvalue weighted by Gasteiger charge is 2.71. The summed E-state index contributed by atoms with van der Waals surface area (Å²) in [6.45, 7) is 33.6. The van der Waals surface area contributed by atoms with Crippen LogP contribution in [0.5, 0.6) is 0 Å². The highest BCUT2D eigenvalue weighted by molar-refractivity contribution is 5.73. The van der Waals surface area contributed by atoms with Gasteiger partial charge in [0, 0.05) is 16.4 Å². The van der Waals surface area contributed by atoms with Crippen LogP contribution in [0.4, 0.5) is 5.95 Å². The highest BCUT2D eigenvalue weighted by atomic mass is 16.5. The second kappa shape index (κ2) is 13.7. The van der Waals surface area contributed by atoms with E-state index in [2.05, 4.69) is 122 Å². The maximum absolute atomic E-state index is 13.4. The van der Waals surface area contributed by atoms with Gasteiger partial charge in [-0.3, -0.25) is 4.79 Å². The minimum absolute atomic E-state index is 0.0270. The van der Waals surface area contributed by atoms with Crippen molar-refractivity contribution in [2.45, 2.75) is 140 Å². The number of carboxylic acids is 1. The monoisotopic (exact) mass is 713 g/mol. The zero-order valence-electron chi connectivity index (χ0n) is 34.3. The first-order valence-electron chi connectivity index (χ1n) is 19.9. The van der Waals surface area contributed by atoms with Crippen LogP contribution in [0.2, 0.25) is 0 Å². The molecule has 10 nitrogen and oxygen atoms in total. The molecule has 51 heavy (non-hydrogen) atoms. The Kier molecular flexibility index (Phi) is 10.8. The topological polar surface area (TPSA) is 148 Å². The van der Waals surface area contributed by atoms with E-state index in [0.29, 0.717) is 36.2 Å². The van der Waals surface area contributed by atoms with E-state index in [9.17, 15) is 9.90 Å². The molecule has 290 valence electrons. The fraction of sp³-hybridized carbons (Fsp3) is 0.902. The smallest absolute Gasteiger partial charge is 0.307 e. The Morgan fingerprint density at radius 1 is 1.12 bits per heavy atom. The molecule has 6 rings (SSSR count). The summed E-state index contributed by atoms with van der Waals surface area (Å²) in [4.78, 5) is 13.4. The van der Waals surface area contributed by atoms with Crippen molar-refractivity contribution in [3.63, 3.8) is 0 Å². The molecule has 5 N–H and O–H groups in total. The summed E-state index contributed by atoms with van der Waals surface area (Å²) in [6, 6.07) is 0. The minimum Gasteiger partial charge on any atom is -0.481 e. The molecule has 4 aliphatic carbocycles. The molecule has 1 saturated heterocycles. The van der Waals surface area contributed by atoms with Crippen LogP contribution in [0, 0.1) is 68.0 Å². The molecule has 4 fully saturated rings. The molecule has 1 aliphatic heterocycles. The molecule has 12 atom stereocenters. The predicted octanol–water partition coefficient (Wildman–Crippen LogP) is 7.79. The van der Waals surface area contributed by atoms with Gasteiger partial charge >= 0.3 is 5.97 Å². The van der Waals surface area contributed by atoms with Crippen molar-refractivity contribution < 1.29 is 19.4 Å². The van der Waals surface area contributed by atoms with Crippen molar-refractivity contribution in [3.05, 3.63) is 11.6 Å². The van der Waals surface area contributed by atoms with Gasteiger partial charge in [-0.25, -0.2) is 0 Å². The Labute approximate surface area is 308 Å². The Balaban J connectivity index is 0.000000761. The molecule has 0 aromatic carbocycles. The fourth-order valence-corrected chi connectivity index (χ4v) is 12.7. The number of nitrogens with one attached hydrogen (secondary N) is 2. The van der Waals surface area contributed by atoms with Gasteiger partial charge in [-0.15, -0.1) is 5.10 Å². The van der Waals surface area contributed by atoms with Crippen LogP contribution in [0.15, 0.2) is 11.6 Å². The molecule has 3 saturated carbocycles. The number of hydrogen-bond donors (Lipinski definition) is 4. The first-order chi connectivity index (χ1) is 23.6. The lowest BCUT2D eigenvalue weighted by atomic mass is 9.34. The number of aromatic amines is 1. The number of ether oxygens (including phenoxy) is 2. The average molecular weight is 713 g/mol. The molecule has 0 radical (unpaired) electrons. The van der Waals surface area contributed by atoms with E-state index in [1.54, 1.807) is 5.57 Å². The van der Waals surface area contributed by atoms with Crippen LogP contribution in [0.25, 0.3) is 0 Å². The van der Waals surface area contributed by atoms with Crippen LogP contribution in [-0.4, -0.2) is 69.7 Å². The first-order valence-corrected chi connectivity index (χ1v) is 19.9. The van der Waals surface area contributed by atoms with Gasteiger partial charge in [-0.05, 0) is 108 Å². The number of carboxylic acid groups (broad SMARTS) is 1. The maximum atomic E-state index is 13.4. The van der Waals surface area contributed by atoms with E-state index in [1.807, 2.05) is 0 Å². The molecule has 10 heteroatoms. The van der Waals surface area contributed by atoms with Crippen molar-refractivity contribution >= 4 is 11.9 Å². The molecule has 0 spiro atoms. The SMILES string of the molecule is CCN[C@@](C)(CO[C@H]1[C@H](C)C[C@@]23COC[C@@]1(C)[C@@H]2CC[C@H]1C3=CC[C@@]2(C)[C@H](C(=O)O)[C@@](C)([C@H](C)C(C)C)CC[C@]12C)C(C)(C)C.Nc1nn[nH]n1. The van der Waals surface area contributed by atoms with Gasteiger partial charge in [-0.1, -0.05) is 99.8 Å². The molecule has 5 aliphatic rings. The van der Waals surface area contributed by atoms with Crippen molar-refractivity contribution in [1.29, 1.82) is 0 Å². The number of likely N-dealkylation sites (N-methyl/N-ethyl adjacent to an activating group) is 1. The third kappa shape index (κ3) is 6.19. The third-order valence-electron chi connectivity index (χ3n) is 16.5. The van der Waals surface area contributed by atoms with E-state index in [4.69, 9.17) is 15.2 Å². The molecule has 0 unspecified atom stereocenters. The number of nitrogens with two attached hydrogens (primary N) is 1. The van der Waals surface area contributed by atoms with Crippen LogP contribution < -0.4 is 11.1 Å². The zero-order chi connectivity index (χ0) is 38.0. The van der Waals surface area contributed by atoms with Gasteiger partial charge in [0.15, 0.2) is 0 Å². The fourth-order valence-electron chi connectivity index (χ4n) is 12.7. The second-order valence-electron chi connectivity index (χ2n) is 20.1. The largest absolute Gasteiger partial charge is 0.481 e. The summed E-state index contributed by atoms with van der Waals surface area (Å²) < 4.78 is 13.8. The van der Waals surface area contributed by atoms with E-state index < -0.39 is 5.97 Å². The number of fused-ring (bicyclic) bond motifs is 3. The standard InChI is InChI=1S/C40H69NO4.CH3N5/c1-14-41-39(13,34(6,7)8)23-45-32-26(4)21-40-24-44-22-36(32,10)30(40)16-15-28-29(40)17-18-38(12)31(33(42)43)35(9,27(5)25(2)3)19-20-37(28,38)11;2-1-3-5-6-4-1/h17,25-28,30-32,41H,14-16,18-24H2,1-13H3,(H,42,43);(H3,2,3,4,5,6)/t26-,27-,28+,30+,31-,32+,35-,36+,37-,38+,39+,40+;/m1./s1. The molecule has 2 heterocycles. The Bertz CT molecular complexity index is 1430. The zero-order valence-corrected chi connectivity index (χ0v) is 34.3. The van der Waals surface area contributed by atoms with Gasteiger partial charge in [0.05, 0.1) is 31.8 Å². The van der Waals surface area contributed by atoms with Crippen LogP contribution >= 0.6 is 0 Å².